The molecule has 2 N–H and O–H groups in total. The van der Waals surface area contributed by atoms with Crippen molar-refractivity contribution in [1.82, 2.24) is 15.1 Å². The molecule has 0 saturated heterocycles. The van der Waals surface area contributed by atoms with E-state index in [0.29, 0.717) is 5.92 Å². The van der Waals surface area contributed by atoms with Gasteiger partial charge in [0.1, 0.15) is 5.69 Å². The Morgan fingerprint density at radius 3 is 2.35 bits per heavy atom. The second kappa shape index (κ2) is 9.17. The van der Waals surface area contributed by atoms with Crippen LogP contribution in [0.5, 0.6) is 0 Å². The zero-order chi connectivity index (χ0) is 19.1. The van der Waals surface area contributed by atoms with Crippen molar-refractivity contribution >= 4 is 11.9 Å². The van der Waals surface area contributed by atoms with Crippen LogP contribution >= 0.6 is 0 Å². The molecule has 0 aliphatic rings. The Bertz CT molecular complexity index is 737. The van der Waals surface area contributed by atoms with E-state index in [4.69, 9.17) is 5.11 Å². The Labute approximate surface area is 154 Å². The lowest BCUT2D eigenvalue weighted by Gasteiger charge is -2.19. The average Bonchev–Trinajstić information content (AvgIpc) is 3.13. The number of nitrogens with one attached hydrogen (secondary N) is 1. The summed E-state index contributed by atoms with van der Waals surface area (Å²) in [7, 11) is 0. The SMILES string of the molecule is CCC(C)c1ccc(C(CC)NC(=O)CCn2nccc2C(=O)O)cc1. The molecular formula is C20H27N3O3. The van der Waals surface area contributed by atoms with Crippen LogP contribution in [0.25, 0.3) is 0 Å². The van der Waals surface area contributed by atoms with Crippen molar-refractivity contribution in [3.05, 3.63) is 53.3 Å². The van der Waals surface area contributed by atoms with Gasteiger partial charge in [0.05, 0.1) is 12.6 Å². The lowest BCUT2D eigenvalue weighted by molar-refractivity contribution is -0.122. The van der Waals surface area contributed by atoms with Gasteiger partial charge in [-0.2, -0.15) is 5.10 Å². The van der Waals surface area contributed by atoms with Crippen molar-refractivity contribution in [2.45, 2.75) is 58.5 Å². The number of hydrogen-bond acceptors (Lipinski definition) is 3. The first-order valence-corrected chi connectivity index (χ1v) is 9.10. The maximum atomic E-state index is 12.3. The second-order valence-electron chi connectivity index (χ2n) is 6.50. The molecule has 1 aromatic carbocycles. The number of carboxylic acid groups (broad SMARTS) is 1. The molecule has 2 atom stereocenters. The number of hydrogen-bond donors (Lipinski definition) is 2. The summed E-state index contributed by atoms with van der Waals surface area (Å²) in [5, 5.41) is 16.1. The van der Waals surface area contributed by atoms with E-state index < -0.39 is 5.97 Å². The molecule has 0 spiro atoms. The van der Waals surface area contributed by atoms with Gasteiger partial charge in [0.2, 0.25) is 5.91 Å². The lowest BCUT2D eigenvalue weighted by atomic mass is 9.95. The summed E-state index contributed by atoms with van der Waals surface area (Å²) in [4.78, 5) is 23.4. The zero-order valence-corrected chi connectivity index (χ0v) is 15.6. The quantitative estimate of drug-likeness (QED) is 0.716. The van der Waals surface area contributed by atoms with Crippen LogP contribution in [-0.4, -0.2) is 26.8 Å². The van der Waals surface area contributed by atoms with Crippen molar-refractivity contribution in [1.29, 1.82) is 0 Å². The van der Waals surface area contributed by atoms with Gasteiger partial charge < -0.3 is 10.4 Å². The third-order valence-electron chi connectivity index (χ3n) is 4.75. The third kappa shape index (κ3) is 4.94. The predicted octanol–water partition coefficient (Wildman–Crippen LogP) is 3.75. The first kappa shape index (κ1) is 19.7. The summed E-state index contributed by atoms with van der Waals surface area (Å²) < 4.78 is 1.34. The molecule has 2 rings (SSSR count). The van der Waals surface area contributed by atoms with E-state index >= 15 is 0 Å². The highest BCUT2D eigenvalue weighted by Crippen LogP contribution is 2.22. The Kier molecular flexibility index (Phi) is 6.95. The monoisotopic (exact) mass is 357 g/mol. The van der Waals surface area contributed by atoms with Crippen LogP contribution in [0, 0.1) is 0 Å². The molecule has 6 heteroatoms. The highest BCUT2D eigenvalue weighted by atomic mass is 16.4. The maximum Gasteiger partial charge on any atom is 0.354 e. The highest BCUT2D eigenvalue weighted by Gasteiger charge is 2.15. The summed E-state index contributed by atoms with van der Waals surface area (Å²) in [6.07, 6.45) is 3.49. The first-order chi connectivity index (χ1) is 12.5. The fraction of sp³-hybridized carbons (Fsp3) is 0.450. The molecule has 0 fully saturated rings. The fourth-order valence-electron chi connectivity index (χ4n) is 2.88. The highest BCUT2D eigenvalue weighted by molar-refractivity contribution is 5.85. The molecule has 2 aromatic rings. The third-order valence-corrected chi connectivity index (χ3v) is 4.75. The largest absolute Gasteiger partial charge is 0.477 e. The number of amides is 1. The number of aromatic nitrogens is 2. The van der Waals surface area contributed by atoms with Crippen LogP contribution in [0.15, 0.2) is 36.5 Å². The Morgan fingerprint density at radius 2 is 1.77 bits per heavy atom. The van der Waals surface area contributed by atoms with Crippen molar-refractivity contribution < 1.29 is 14.7 Å². The van der Waals surface area contributed by atoms with Crippen LogP contribution in [-0.2, 0) is 11.3 Å². The van der Waals surface area contributed by atoms with E-state index in [1.54, 1.807) is 0 Å². The van der Waals surface area contributed by atoms with E-state index in [1.165, 1.54) is 22.5 Å². The van der Waals surface area contributed by atoms with E-state index in [0.717, 1.165) is 18.4 Å². The molecule has 26 heavy (non-hydrogen) atoms. The maximum absolute atomic E-state index is 12.3. The molecule has 0 saturated carbocycles. The number of carbonyl (C=O) groups is 2. The van der Waals surface area contributed by atoms with Gasteiger partial charge in [0, 0.05) is 12.6 Å². The van der Waals surface area contributed by atoms with E-state index in [2.05, 4.69) is 48.5 Å². The Balaban J connectivity index is 1.95. The number of carbonyl (C=O) groups excluding carboxylic acids is 1. The van der Waals surface area contributed by atoms with Crippen LogP contribution in [0.2, 0.25) is 0 Å². The zero-order valence-electron chi connectivity index (χ0n) is 15.6. The van der Waals surface area contributed by atoms with Gasteiger partial charge in [-0.15, -0.1) is 0 Å². The van der Waals surface area contributed by atoms with E-state index in [1.807, 2.05) is 6.92 Å². The fourth-order valence-corrected chi connectivity index (χ4v) is 2.88. The predicted molar refractivity (Wildman–Crippen MR) is 100 cm³/mol. The molecule has 1 heterocycles. The minimum atomic E-state index is -1.05. The second-order valence-corrected chi connectivity index (χ2v) is 6.50. The molecular weight excluding hydrogens is 330 g/mol. The molecule has 1 aromatic heterocycles. The molecule has 140 valence electrons. The van der Waals surface area contributed by atoms with E-state index in [9.17, 15) is 9.59 Å². The van der Waals surface area contributed by atoms with Crippen LogP contribution in [0.4, 0.5) is 0 Å². The van der Waals surface area contributed by atoms with Gasteiger partial charge in [-0.1, -0.05) is 45.0 Å². The van der Waals surface area contributed by atoms with Gasteiger partial charge in [0.25, 0.3) is 0 Å². The normalized spacial score (nSPS) is 13.2. The van der Waals surface area contributed by atoms with Gasteiger partial charge in [-0.05, 0) is 36.0 Å². The summed E-state index contributed by atoms with van der Waals surface area (Å²) >= 11 is 0. The van der Waals surface area contributed by atoms with Crippen molar-refractivity contribution in [3.8, 4) is 0 Å². The average molecular weight is 357 g/mol. The van der Waals surface area contributed by atoms with Crippen LogP contribution < -0.4 is 5.32 Å². The number of aryl methyl sites for hydroxylation is 1. The minimum absolute atomic E-state index is 0.0509. The number of rotatable bonds is 9. The molecule has 6 nitrogen and oxygen atoms in total. The van der Waals surface area contributed by atoms with Crippen LogP contribution in [0.3, 0.4) is 0 Å². The number of nitrogens with zero attached hydrogens (tertiary/aromatic N) is 2. The first-order valence-electron chi connectivity index (χ1n) is 9.10. The van der Waals surface area contributed by atoms with Gasteiger partial charge in [-0.25, -0.2) is 4.79 Å². The van der Waals surface area contributed by atoms with E-state index in [-0.39, 0.29) is 30.6 Å². The number of benzene rings is 1. The summed E-state index contributed by atoms with van der Waals surface area (Å²) in [5.41, 5.74) is 2.47. The molecule has 0 aliphatic heterocycles. The molecule has 0 bridgehead atoms. The van der Waals surface area contributed by atoms with Gasteiger partial charge in [0.15, 0.2) is 0 Å². The Hall–Kier alpha value is -2.63. The Morgan fingerprint density at radius 1 is 1.12 bits per heavy atom. The number of carboxylic acids is 1. The van der Waals surface area contributed by atoms with Crippen molar-refractivity contribution in [2.24, 2.45) is 0 Å². The lowest BCUT2D eigenvalue weighted by Crippen LogP contribution is -2.29. The summed E-state index contributed by atoms with van der Waals surface area (Å²) in [6, 6.07) is 9.78. The smallest absolute Gasteiger partial charge is 0.354 e. The molecule has 2 unspecified atom stereocenters. The topological polar surface area (TPSA) is 84.2 Å². The molecule has 1 amide bonds. The standard InChI is InChI=1S/C20H27N3O3/c1-4-14(3)15-6-8-16(9-7-15)17(5-2)22-19(24)11-13-23-18(20(25)26)10-12-21-23/h6-10,12,14,17H,4-5,11,13H2,1-3H3,(H,22,24)(H,25,26). The summed E-state index contributed by atoms with van der Waals surface area (Å²) in [6.45, 7) is 6.64. The van der Waals surface area contributed by atoms with Gasteiger partial charge in [-0.3, -0.25) is 9.48 Å². The number of aromatic carboxylic acids is 1. The van der Waals surface area contributed by atoms with Crippen molar-refractivity contribution in [3.63, 3.8) is 0 Å². The minimum Gasteiger partial charge on any atom is -0.477 e. The summed E-state index contributed by atoms with van der Waals surface area (Å²) in [5.74, 6) is -0.637. The molecule has 0 aliphatic carbocycles. The van der Waals surface area contributed by atoms with Crippen LogP contribution in [0.1, 0.15) is 73.6 Å². The molecule has 0 radical (unpaired) electrons. The van der Waals surface area contributed by atoms with Crippen molar-refractivity contribution in [2.75, 3.05) is 0 Å². The van der Waals surface area contributed by atoms with Gasteiger partial charge >= 0.3 is 5.97 Å².